The number of non-ortho nitro benzene ring substituents is 2. The Labute approximate surface area is 96.5 Å². The zero-order valence-corrected chi connectivity index (χ0v) is 8.39. The molecule has 0 saturated carbocycles. The predicted octanol–water partition coefficient (Wildman–Crippen LogP) is 1.29. The third-order valence-electron chi connectivity index (χ3n) is 2.19. The average molecular weight is 253 g/mol. The van der Waals surface area contributed by atoms with E-state index in [-0.39, 0.29) is 10.9 Å². The number of fused-ring (bicyclic) bond motifs is 1. The Balaban J connectivity index is 2.88. The molecule has 0 bridgehead atoms. The number of aromatic amines is 1. The third kappa shape index (κ3) is 1.59. The van der Waals surface area contributed by atoms with E-state index in [2.05, 4.69) is 5.10 Å². The number of nitro groups is 3. The monoisotopic (exact) mass is 253 g/mol. The summed E-state index contributed by atoms with van der Waals surface area (Å²) in [6.07, 6.45) is 0. The van der Waals surface area contributed by atoms with Gasteiger partial charge in [0.2, 0.25) is 0 Å². The molecule has 1 heterocycles. The minimum absolute atomic E-state index is 0.277. The maximum Gasteiger partial charge on any atom is 0.351 e. The first kappa shape index (κ1) is 11.4. The SMILES string of the molecule is O=[N+]([O-])c1cc([N+](=O)[O-])c2n[nH]c([N+](=O)[O-])c2c1. The van der Waals surface area contributed by atoms with E-state index >= 15 is 0 Å². The molecule has 0 radical (unpaired) electrons. The standard InChI is InChI=1S/C7H3N5O6/c13-10(14)3-1-4-6(5(2-3)11(15)16)8-9-7(4)12(17)18/h1-2H,(H,8,9). The predicted molar refractivity (Wildman–Crippen MR) is 56.1 cm³/mol. The highest BCUT2D eigenvalue weighted by Gasteiger charge is 2.27. The first-order chi connectivity index (χ1) is 8.41. The Morgan fingerprint density at radius 3 is 2.17 bits per heavy atom. The molecule has 0 atom stereocenters. The van der Waals surface area contributed by atoms with Crippen molar-refractivity contribution in [2.24, 2.45) is 0 Å². The van der Waals surface area contributed by atoms with Gasteiger partial charge in [-0.3, -0.25) is 20.2 Å². The van der Waals surface area contributed by atoms with Crippen LogP contribution in [0.15, 0.2) is 12.1 Å². The number of hydrogen-bond acceptors (Lipinski definition) is 7. The van der Waals surface area contributed by atoms with E-state index < -0.39 is 32.0 Å². The zero-order valence-electron chi connectivity index (χ0n) is 8.39. The van der Waals surface area contributed by atoms with Gasteiger partial charge in [0.1, 0.15) is 5.39 Å². The summed E-state index contributed by atoms with van der Waals surface area (Å²) in [6, 6.07) is 1.57. The van der Waals surface area contributed by atoms with Crippen molar-refractivity contribution in [3.05, 3.63) is 42.5 Å². The zero-order chi connectivity index (χ0) is 13.4. The van der Waals surface area contributed by atoms with Gasteiger partial charge in [0.25, 0.3) is 5.69 Å². The lowest BCUT2D eigenvalue weighted by molar-refractivity contribution is -0.393. The largest absolute Gasteiger partial charge is 0.358 e. The highest BCUT2D eigenvalue weighted by molar-refractivity contribution is 5.95. The van der Waals surface area contributed by atoms with E-state index in [4.69, 9.17) is 0 Å². The average Bonchev–Trinajstić information content (AvgIpc) is 2.70. The van der Waals surface area contributed by atoms with Crippen LogP contribution in [-0.4, -0.2) is 25.0 Å². The van der Waals surface area contributed by atoms with Crippen molar-refractivity contribution in [3.8, 4) is 0 Å². The van der Waals surface area contributed by atoms with Crippen LogP contribution in [0.3, 0.4) is 0 Å². The van der Waals surface area contributed by atoms with E-state index in [1.165, 1.54) is 0 Å². The molecule has 2 aromatic rings. The second-order valence-electron chi connectivity index (χ2n) is 3.20. The van der Waals surface area contributed by atoms with E-state index in [1.54, 1.807) is 0 Å². The molecular weight excluding hydrogens is 250 g/mol. The molecule has 1 N–H and O–H groups in total. The quantitative estimate of drug-likeness (QED) is 0.636. The molecule has 0 unspecified atom stereocenters. The highest BCUT2D eigenvalue weighted by Crippen LogP contribution is 2.33. The number of nitro benzene ring substituents is 2. The highest BCUT2D eigenvalue weighted by atomic mass is 16.6. The fourth-order valence-corrected chi connectivity index (χ4v) is 1.46. The topological polar surface area (TPSA) is 158 Å². The Hall–Kier alpha value is -3.11. The summed E-state index contributed by atoms with van der Waals surface area (Å²) < 4.78 is 0. The molecule has 18 heavy (non-hydrogen) atoms. The number of hydrogen-bond donors (Lipinski definition) is 1. The van der Waals surface area contributed by atoms with Crippen LogP contribution in [0.1, 0.15) is 0 Å². The van der Waals surface area contributed by atoms with Gasteiger partial charge >= 0.3 is 11.5 Å². The van der Waals surface area contributed by atoms with Crippen LogP contribution in [0.2, 0.25) is 0 Å². The van der Waals surface area contributed by atoms with Crippen LogP contribution < -0.4 is 0 Å². The molecule has 1 aromatic heterocycles. The Morgan fingerprint density at radius 1 is 1.00 bits per heavy atom. The number of nitrogens with zero attached hydrogens (tertiary/aromatic N) is 4. The van der Waals surface area contributed by atoms with Crippen molar-refractivity contribution < 1.29 is 14.8 Å². The fraction of sp³-hybridized carbons (Fsp3) is 0. The summed E-state index contributed by atoms with van der Waals surface area (Å²) in [5.74, 6) is -0.628. The first-order valence-electron chi connectivity index (χ1n) is 4.37. The maximum absolute atomic E-state index is 10.7. The first-order valence-corrected chi connectivity index (χ1v) is 4.37. The van der Waals surface area contributed by atoms with Crippen LogP contribution in [-0.2, 0) is 0 Å². The minimum atomic E-state index is -0.889. The van der Waals surface area contributed by atoms with E-state index in [9.17, 15) is 30.3 Å². The molecule has 0 spiro atoms. The van der Waals surface area contributed by atoms with Gasteiger partial charge in [0, 0.05) is 6.07 Å². The molecule has 11 nitrogen and oxygen atoms in total. The van der Waals surface area contributed by atoms with Crippen molar-refractivity contribution in [2.45, 2.75) is 0 Å². The lowest BCUT2D eigenvalue weighted by Gasteiger charge is -1.94. The van der Waals surface area contributed by atoms with Gasteiger partial charge in [0.05, 0.1) is 15.9 Å². The lowest BCUT2D eigenvalue weighted by atomic mass is 10.2. The number of aromatic nitrogens is 2. The molecule has 1 aromatic carbocycles. The van der Waals surface area contributed by atoms with Crippen molar-refractivity contribution in [3.63, 3.8) is 0 Å². The van der Waals surface area contributed by atoms with E-state index in [0.29, 0.717) is 6.07 Å². The normalized spacial score (nSPS) is 10.4. The molecule has 0 aliphatic heterocycles. The second kappa shape index (κ2) is 3.73. The summed E-state index contributed by atoms with van der Waals surface area (Å²) in [4.78, 5) is 29.3. The third-order valence-corrected chi connectivity index (χ3v) is 2.19. The van der Waals surface area contributed by atoms with E-state index in [1.807, 2.05) is 5.10 Å². The summed E-state index contributed by atoms with van der Waals surface area (Å²) in [5.41, 5.74) is -1.57. The number of H-pyrrole nitrogens is 1. The van der Waals surface area contributed by atoms with Crippen molar-refractivity contribution in [1.82, 2.24) is 10.2 Å². The fourth-order valence-electron chi connectivity index (χ4n) is 1.46. The summed E-state index contributed by atoms with van der Waals surface area (Å²) in [5, 5.41) is 37.1. The van der Waals surface area contributed by atoms with Crippen LogP contribution in [0.25, 0.3) is 10.9 Å². The molecule has 0 aliphatic carbocycles. The van der Waals surface area contributed by atoms with Gasteiger partial charge < -0.3 is 10.1 Å². The molecular formula is C7H3N5O6. The molecule has 92 valence electrons. The van der Waals surface area contributed by atoms with Gasteiger partial charge in [-0.25, -0.2) is 0 Å². The lowest BCUT2D eigenvalue weighted by Crippen LogP contribution is -1.94. The summed E-state index contributed by atoms with van der Waals surface area (Å²) >= 11 is 0. The Bertz CT molecular complexity index is 691. The summed E-state index contributed by atoms with van der Waals surface area (Å²) in [7, 11) is 0. The molecule has 0 amide bonds. The number of rotatable bonds is 3. The van der Waals surface area contributed by atoms with Gasteiger partial charge in [-0.05, 0) is 4.92 Å². The van der Waals surface area contributed by atoms with Gasteiger partial charge in [-0.2, -0.15) is 0 Å². The molecule has 2 rings (SSSR count). The van der Waals surface area contributed by atoms with Gasteiger partial charge in [0.15, 0.2) is 5.52 Å². The molecule has 0 aliphatic rings. The molecule has 11 heteroatoms. The van der Waals surface area contributed by atoms with Gasteiger partial charge in [-0.1, -0.05) is 5.10 Å². The van der Waals surface area contributed by atoms with Crippen LogP contribution in [0, 0.1) is 30.3 Å². The summed E-state index contributed by atoms with van der Waals surface area (Å²) in [6.45, 7) is 0. The minimum Gasteiger partial charge on any atom is -0.358 e. The maximum atomic E-state index is 10.7. The van der Waals surface area contributed by atoms with Crippen LogP contribution >= 0.6 is 0 Å². The van der Waals surface area contributed by atoms with Gasteiger partial charge in [-0.15, -0.1) is 5.10 Å². The van der Waals surface area contributed by atoms with E-state index in [0.717, 1.165) is 6.07 Å². The Morgan fingerprint density at radius 2 is 1.67 bits per heavy atom. The van der Waals surface area contributed by atoms with Crippen molar-refractivity contribution in [1.29, 1.82) is 0 Å². The number of nitrogens with one attached hydrogen (secondary N) is 1. The molecule has 0 fully saturated rings. The molecule has 0 saturated heterocycles. The van der Waals surface area contributed by atoms with Crippen molar-refractivity contribution in [2.75, 3.05) is 0 Å². The number of benzene rings is 1. The Kier molecular flexibility index (Phi) is 2.35. The van der Waals surface area contributed by atoms with Crippen LogP contribution in [0.4, 0.5) is 17.2 Å². The van der Waals surface area contributed by atoms with Crippen molar-refractivity contribution >= 4 is 28.1 Å². The smallest absolute Gasteiger partial charge is 0.351 e. The van der Waals surface area contributed by atoms with Crippen LogP contribution in [0.5, 0.6) is 0 Å². The second-order valence-corrected chi connectivity index (χ2v) is 3.20.